The molecule has 0 unspecified atom stereocenters. The number of benzene rings is 3. The summed E-state index contributed by atoms with van der Waals surface area (Å²) in [6.07, 6.45) is 3.68. The third-order valence-corrected chi connectivity index (χ3v) is 7.62. The number of hydrogen-bond donors (Lipinski definition) is 1. The van der Waals surface area contributed by atoms with Crippen LogP contribution < -0.4 is 14.8 Å². The minimum absolute atomic E-state index is 0.0103. The smallest absolute Gasteiger partial charge is 0.255 e. The first-order chi connectivity index (χ1) is 16.5. The zero-order chi connectivity index (χ0) is 24.0. The van der Waals surface area contributed by atoms with Crippen molar-refractivity contribution < 1.29 is 22.7 Å². The van der Waals surface area contributed by atoms with E-state index in [9.17, 15) is 13.2 Å². The lowest BCUT2D eigenvalue weighted by Crippen LogP contribution is -2.32. The van der Waals surface area contributed by atoms with Gasteiger partial charge in [-0.05, 0) is 67.4 Å². The van der Waals surface area contributed by atoms with Gasteiger partial charge in [0.25, 0.3) is 5.91 Å². The van der Waals surface area contributed by atoms with E-state index in [1.807, 2.05) is 30.3 Å². The summed E-state index contributed by atoms with van der Waals surface area (Å²) in [5.74, 6) is 1.17. The molecule has 1 N–H and O–H groups in total. The van der Waals surface area contributed by atoms with Crippen molar-refractivity contribution in [2.75, 3.05) is 25.5 Å². The summed E-state index contributed by atoms with van der Waals surface area (Å²) >= 11 is 0. The number of carbonyl (C=O) groups excluding carboxylic acids is 1. The summed E-state index contributed by atoms with van der Waals surface area (Å²) in [6, 6.07) is 20.9. The second-order valence-corrected chi connectivity index (χ2v) is 9.98. The maximum Gasteiger partial charge on any atom is 0.255 e. The fraction of sp³-hybridized carbons (Fsp3) is 0.269. The second-order valence-electron chi connectivity index (χ2n) is 8.08. The molecule has 3 aromatic rings. The molecule has 7 nitrogen and oxygen atoms in total. The van der Waals surface area contributed by atoms with Crippen LogP contribution in [0.15, 0.2) is 77.7 Å². The molecule has 0 bridgehead atoms. The zero-order valence-corrected chi connectivity index (χ0v) is 19.9. The predicted molar refractivity (Wildman–Crippen MR) is 131 cm³/mol. The standard InChI is InChI=1S/C26H28N2O5S/c1-32-24-16-11-20(19-25(24)34(30,31)28-17-7-2-3-8-18-28)26(29)27-21-12-14-23(15-13-21)33-22-9-5-4-6-10-22/h4-6,9-16,19H,2-3,7-8,17-18H2,1H3,(H,27,29). The number of ether oxygens (including phenoxy) is 2. The van der Waals surface area contributed by atoms with Gasteiger partial charge in [0.15, 0.2) is 0 Å². The Hall–Kier alpha value is -3.36. The van der Waals surface area contributed by atoms with Gasteiger partial charge in [-0.3, -0.25) is 4.79 Å². The maximum absolute atomic E-state index is 13.3. The molecule has 4 rings (SSSR count). The number of rotatable bonds is 7. The van der Waals surface area contributed by atoms with Crippen molar-refractivity contribution in [1.82, 2.24) is 4.31 Å². The quantitative estimate of drug-likeness (QED) is 0.496. The van der Waals surface area contributed by atoms with Crippen LogP contribution in [-0.4, -0.2) is 38.8 Å². The SMILES string of the molecule is COc1ccc(C(=O)Nc2ccc(Oc3ccccc3)cc2)cc1S(=O)(=O)N1CCCCCC1. The minimum Gasteiger partial charge on any atom is -0.495 e. The number of methoxy groups -OCH3 is 1. The molecule has 0 aliphatic carbocycles. The van der Waals surface area contributed by atoms with Crippen LogP contribution in [0, 0.1) is 0 Å². The van der Waals surface area contributed by atoms with Crippen LogP contribution in [0.3, 0.4) is 0 Å². The number of carbonyl (C=O) groups is 1. The molecule has 0 saturated carbocycles. The topological polar surface area (TPSA) is 84.9 Å². The highest BCUT2D eigenvalue weighted by Gasteiger charge is 2.29. The number of hydrogen-bond acceptors (Lipinski definition) is 5. The summed E-state index contributed by atoms with van der Waals surface area (Å²) in [7, 11) is -2.35. The number of anilines is 1. The number of nitrogens with zero attached hydrogens (tertiary/aromatic N) is 1. The first kappa shape index (κ1) is 23.8. The Morgan fingerprint density at radius 3 is 2.15 bits per heavy atom. The van der Waals surface area contributed by atoms with Gasteiger partial charge in [0.1, 0.15) is 22.1 Å². The highest BCUT2D eigenvalue weighted by molar-refractivity contribution is 7.89. The summed E-state index contributed by atoms with van der Waals surface area (Å²) in [5, 5.41) is 2.81. The van der Waals surface area contributed by atoms with Crippen molar-refractivity contribution >= 4 is 21.6 Å². The normalized spacial score (nSPS) is 14.7. The van der Waals surface area contributed by atoms with E-state index < -0.39 is 15.9 Å². The largest absolute Gasteiger partial charge is 0.495 e. The van der Waals surface area contributed by atoms with Crippen molar-refractivity contribution in [3.05, 3.63) is 78.4 Å². The van der Waals surface area contributed by atoms with Crippen molar-refractivity contribution in [3.63, 3.8) is 0 Å². The predicted octanol–water partition coefficient (Wildman–Crippen LogP) is 5.30. The molecular formula is C26H28N2O5S. The van der Waals surface area contributed by atoms with E-state index in [1.54, 1.807) is 30.3 Å². The molecule has 1 aliphatic rings. The number of para-hydroxylation sites is 1. The van der Waals surface area contributed by atoms with E-state index >= 15 is 0 Å². The van der Waals surface area contributed by atoms with E-state index in [0.29, 0.717) is 24.5 Å². The van der Waals surface area contributed by atoms with E-state index in [0.717, 1.165) is 31.4 Å². The molecule has 1 aliphatic heterocycles. The lowest BCUT2D eigenvalue weighted by Gasteiger charge is -2.21. The van der Waals surface area contributed by atoms with Gasteiger partial charge in [0.2, 0.25) is 10.0 Å². The lowest BCUT2D eigenvalue weighted by atomic mass is 10.2. The molecule has 8 heteroatoms. The van der Waals surface area contributed by atoms with Crippen LogP contribution in [-0.2, 0) is 10.0 Å². The Morgan fingerprint density at radius 2 is 1.50 bits per heavy atom. The first-order valence-corrected chi connectivity index (χ1v) is 12.7. The molecule has 34 heavy (non-hydrogen) atoms. The fourth-order valence-corrected chi connectivity index (χ4v) is 5.57. The molecule has 0 spiro atoms. The van der Waals surface area contributed by atoms with Gasteiger partial charge in [-0.25, -0.2) is 8.42 Å². The molecule has 1 heterocycles. The van der Waals surface area contributed by atoms with Crippen LogP contribution in [0.25, 0.3) is 0 Å². The molecule has 0 aromatic heterocycles. The van der Waals surface area contributed by atoms with E-state index in [2.05, 4.69) is 5.32 Å². The van der Waals surface area contributed by atoms with Gasteiger partial charge in [0, 0.05) is 24.3 Å². The summed E-state index contributed by atoms with van der Waals surface area (Å²) in [5.41, 5.74) is 0.803. The Balaban J connectivity index is 1.51. The van der Waals surface area contributed by atoms with Gasteiger partial charge in [-0.15, -0.1) is 0 Å². The van der Waals surface area contributed by atoms with Crippen LogP contribution in [0.2, 0.25) is 0 Å². The van der Waals surface area contributed by atoms with Gasteiger partial charge in [-0.2, -0.15) is 4.31 Å². The number of amides is 1. The van der Waals surface area contributed by atoms with Crippen LogP contribution in [0.4, 0.5) is 5.69 Å². The van der Waals surface area contributed by atoms with Crippen LogP contribution in [0.5, 0.6) is 17.2 Å². The molecule has 178 valence electrons. The molecule has 0 radical (unpaired) electrons. The zero-order valence-electron chi connectivity index (χ0n) is 19.1. The molecule has 1 fully saturated rings. The highest BCUT2D eigenvalue weighted by atomic mass is 32.2. The van der Waals surface area contributed by atoms with Crippen molar-refractivity contribution in [3.8, 4) is 17.2 Å². The second kappa shape index (κ2) is 10.7. The molecule has 1 amide bonds. The van der Waals surface area contributed by atoms with Gasteiger partial charge >= 0.3 is 0 Å². The minimum atomic E-state index is -3.78. The van der Waals surface area contributed by atoms with Crippen LogP contribution >= 0.6 is 0 Å². The Kier molecular flexibility index (Phi) is 7.49. The number of nitrogens with one attached hydrogen (secondary N) is 1. The Morgan fingerprint density at radius 1 is 0.853 bits per heavy atom. The summed E-state index contributed by atoms with van der Waals surface area (Å²) < 4.78 is 39.3. The summed E-state index contributed by atoms with van der Waals surface area (Å²) in [6.45, 7) is 0.943. The van der Waals surface area contributed by atoms with Gasteiger partial charge < -0.3 is 14.8 Å². The third kappa shape index (κ3) is 5.58. The fourth-order valence-electron chi connectivity index (χ4n) is 3.87. The molecule has 0 atom stereocenters. The average Bonchev–Trinajstić information content (AvgIpc) is 3.16. The molecule has 3 aromatic carbocycles. The molecule has 1 saturated heterocycles. The summed E-state index contributed by atoms with van der Waals surface area (Å²) in [4.78, 5) is 12.9. The average molecular weight is 481 g/mol. The first-order valence-electron chi connectivity index (χ1n) is 11.3. The van der Waals surface area contributed by atoms with Crippen molar-refractivity contribution in [2.45, 2.75) is 30.6 Å². The van der Waals surface area contributed by atoms with Crippen molar-refractivity contribution in [2.24, 2.45) is 0 Å². The lowest BCUT2D eigenvalue weighted by molar-refractivity contribution is 0.102. The van der Waals surface area contributed by atoms with E-state index in [1.165, 1.54) is 23.5 Å². The molecular weight excluding hydrogens is 452 g/mol. The van der Waals surface area contributed by atoms with Crippen molar-refractivity contribution in [1.29, 1.82) is 0 Å². The highest BCUT2D eigenvalue weighted by Crippen LogP contribution is 2.30. The van der Waals surface area contributed by atoms with Crippen LogP contribution in [0.1, 0.15) is 36.0 Å². The number of sulfonamides is 1. The Labute approximate surface area is 200 Å². The van der Waals surface area contributed by atoms with E-state index in [-0.39, 0.29) is 16.2 Å². The Bertz CT molecular complexity index is 1220. The monoisotopic (exact) mass is 480 g/mol. The maximum atomic E-state index is 13.3. The van der Waals surface area contributed by atoms with Gasteiger partial charge in [-0.1, -0.05) is 31.0 Å². The third-order valence-electron chi connectivity index (χ3n) is 5.70. The van der Waals surface area contributed by atoms with Gasteiger partial charge in [0.05, 0.1) is 7.11 Å². The van der Waals surface area contributed by atoms with E-state index in [4.69, 9.17) is 9.47 Å².